The molecule has 0 unspecified atom stereocenters. The minimum absolute atomic E-state index is 0.224. The predicted molar refractivity (Wildman–Crippen MR) is 105 cm³/mol. The normalized spacial score (nSPS) is 15.0. The van der Waals surface area contributed by atoms with Gasteiger partial charge < -0.3 is 14.2 Å². The highest BCUT2D eigenvalue weighted by molar-refractivity contribution is 5.98. The molecule has 1 aliphatic rings. The smallest absolute Gasteiger partial charge is 0.409 e. The van der Waals surface area contributed by atoms with Crippen molar-refractivity contribution in [1.29, 1.82) is 0 Å². The molecule has 1 aromatic carbocycles. The molecule has 1 saturated heterocycles. The van der Waals surface area contributed by atoms with Crippen LogP contribution in [-0.2, 0) is 18.3 Å². The zero-order valence-electron chi connectivity index (χ0n) is 16.5. The molecule has 0 saturated carbocycles. The van der Waals surface area contributed by atoms with E-state index in [0.717, 1.165) is 48.9 Å². The SMILES string of the molecule is CCCCOC(=O)N1CCN(Cc2cn(C)c3ccc(C(=O)NO)cc23)CC1. The number of aryl methyl sites for hydroxylation is 1. The second-order valence-electron chi connectivity index (χ2n) is 7.17. The van der Waals surface area contributed by atoms with Gasteiger partial charge in [-0.3, -0.25) is 14.9 Å². The topological polar surface area (TPSA) is 87.0 Å². The van der Waals surface area contributed by atoms with Crippen LogP contribution in [0.2, 0.25) is 0 Å². The van der Waals surface area contributed by atoms with E-state index in [1.54, 1.807) is 22.5 Å². The Morgan fingerprint density at radius 2 is 1.96 bits per heavy atom. The Morgan fingerprint density at radius 1 is 1.21 bits per heavy atom. The average molecular weight is 388 g/mol. The lowest BCUT2D eigenvalue weighted by atomic mass is 10.1. The summed E-state index contributed by atoms with van der Waals surface area (Å²) in [6, 6.07) is 5.38. The number of carbonyl (C=O) groups is 2. The van der Waals surface area contributed by atoms with Gasteiger partial charge in [-0.25, -0.2) is 10.3 Å². The van der Waals surface area contributed by atoms with E-state index in [1.165, 1.54) is 0 Å². The number of hydrogen-bond acceptors (Lipinski definition) is 5. The number of unbranched alkanes of at least 4 members (excludes halogenated alkanes) is 1. The first-order valence-corrected chi connectivity index (χ1v) is 9.70. The highest BCUT2D eigenvalue weighted by Gasteiger charge is 2.23. The number of amides is 2. The zero-order valence-corrected chi connectivity index (χ0v) is 16.5. The second kappa shape index (κ2) is 9.07. The molecule has 0 atom stereocenters. The van der Waals surface area contributed by atoms with Gasteiger partial charge in [0.15, 0.2) is 0 Å². The molecule has 1 aromatic heterocycles. The lowest BCUT2D eigenvalue weighted by Gasteiger charge is -2.34. The first-order chi connectivity index (χ1) is 13.5. The Morgan fingerprint density at radius 3 is 2.64 bits per heavy atom. The van der Waals surface area contributed by atoms with Gasteiger partial charge >= 0.3 is 6.09 Å². The fourth-order valence-corrected chi connectivity index (χ4v) is 3.53. The van der Waals surface area contributed by atoms with Crippen molar-refractivity contribution in [2.75, 3.05) is 32.8 Å². The lowest BCUT2D eigenvalue weighted by molar-refractivity contribution is 0.0706. The minimum Gasteiger partial charge on any atom is -0.449 e. The van der Waals surface area contributed by atoms with Gasteiger partial charge in [0.2, 0.25) is 0 Å². The molecule has 28 heavy (non-hydrogen) atoms. The molecule has 3 rings (SSSR count). The van der Waals surface area contributed by atoms with Crippen molar-refractivity contribution >= 4 is 22.9 Å². The summed E-state index contributed by atoms with van der Waals surface area (Å²) in [5.74, 6) is -0.521. The summed E-state index contributed by atoms with van der Waals surface area (Å²) in [6.45, 7) is 6.13. The van der Waals surface area contributed by atoms with Crippen LogP contribution in [0.5, 0.6) is 0 Å². The number of aromatic nitrogens is 1. The van der Waals surface area contributed by atoms with Crippen LogP contribution < -0.4 is 5.48 Å². The van der Waals surface area contributed by atoms with Crippen molar-refractivity contribution in [2.45, 2.75) is 26.3 Å². The van der Waals surface area contributed by atoms with Crippen molar-refractivity contribution in [1.82, 2.24) is 19.8 Å². The molecule has 8 nitrogen and oxygen atoms in total. The molecule has 2 N–H and O–H groups in total. The van der Waals surface area contributed by atoms with Crippen LogP contribution >= 0.6 is 0 Å². The third-order valence-electron chi connectivity index (χ3n) is 5.18. The predicted octanol–water partition coefficient (Wildman–Crippen LogP) is 2.35. The van der Waals surface area contributed by atoms with E-state index in [-0.39, 0.29) is 6.09 Å². The standard InChI is InChI=1S/C20H28N4O4/c1-3-4-11-28-20(26)24-9-7-23(8-10-24)14-16-13-22(2)18-6-5-15(12-17(16)18)19(25)21-27/h5-6,12-13,27H,3-4,7-11,14H2,1-2H3,(H,21,25). The molecular formula is C20H28N4O4. The van der Waals surface area contributed by atoms with E-state index in [2.05, 4.69) is 18.0 Å². The number of fused-ring (bicyclic) bond motifs is 1. The summed E-state index contributed by atoms with van der Waals surface area (Å²) in [4.78, 5) is 27.9. The molecule has 2 heterocycles. The van der Waals surface area contributed by atoms with Crippen LogP contribution in [0.25, 0.3) is 10.9 Å². The van der Waals surface area contributed by atoms with Gasteiger partial charge in [0.25, 0.3) is 5.91 Å². The summed E-state index contributed by atoms with van der Waals surface area (Å²) in [5, 5.41) is 9.87. The first-order valence-electron chi connectivity index (χ1n) is 9.70. The Hall–Kier alpha value is -2.58. The van der Waals surface area contributed by atoms with Crippen LogP contribution in [0.3, 0.4) is 0 Å². The zero-order chi connectivity index (χ0) is 20.1. The Bertz CT molecular complexity index is 840. The molecule has 152 valence electrons. The van der Waals surface area contributed by atoms with Crippen LogP contribution in [0.4, 0.5) is 4.79 Å². The molecular weight excluding hydrogens is 360 g/mol. The number of hydroxylamine groups is 1. The van der Waals surface area contributed by atoms with Gasteiger partial charge in [0, 0.05) is 62.4 Å². The van der Waals surface area contributed by atoms with Gasteiger partial charge in [-0.05, 0) is 30.2 Å². The minimum atomic E-state index is -0.521. The van der Waals surface area contributed by atoms with E-state index >= 15 is 0 Å². The largest absolute Gasteiger partial charge is 0.449 e. The van der Waals surface area contributed by atoms with E-state index in [9.17, 15) is 9.59 Å². The van der Waals surface area contributed by atoms with E-state index < -0.39 is 5.91 Å². The van der Waals surface area contributed by atoms with Crippen molar-refractivity contribution in [2.24, 2.45) is 7.05 Å². The summed E-state index contributed by atoms with van der Waals surface area (Å²) >= 11 is 0. The second-order valence-corrected chi connectivity index (χ2v) is 7.17. The summed E-state index contributed by atoms with van der Waals surface area (Å²) in [5.41, 5.74) is 4.25. The van der Waals surface area contributed by atoms with Crippen molar-refractivity contribution in [3.05, 3.63) is 35.5 Å². The maximum atomic E-state index is 12.1. The van der Waals surface area contributed by atoms with E-state index in [0.29, 0.717) is 25.3 Å². The van der Waals surface area contributed by atoms with E-state index in [4.69, 9.17) is 9.94 Å². The number of nitrogens with zero attached hydrogens (tertiary/aromatic N) is 3. The molecule has 0 aliphatic carbocycles. The number of carbonyl (C=O) groups excluding carboxylic acids is 2. The first kappa shape index (κ1) is 20.2. The van der Waals surface area contributed by atoms with Gasteiger partial charge in [-0.1, -0.05) is 13.3 Å². The van der Waals surface area contributed by atoms with Crippen LogP contribution in [0.15, 0.2) is 24.4 Å². The molecule has 1 aliphatic heterocycles. The highest BCUT2D eigenvalue weighted by atomic mass is 16.6. The quantitative estimate of drug-likeness (QED) is 0.451. The fourth-order valence-electron chi connectivity index (χ4n) is 3.53. The Balaban J connectivity index is 1.64. The molecule has 1 fully saturated rings. The summed E-state index contributed by atoms with van der Waals surface area (Å²) < 4.78 is 7.32. The van der Waals surface area contributed by atoms with Gasteiger partial charge in [-0.15, -0.1) is 0 Å². The van der Waals surface area contributed by atoms with Gasteiger partial charge in [0.05, 0.1) is 6.61 Å². The fraction of sp³-hybridized carbons (Fsp3) is 0.500. The van der Waals surface area contributed by atoms with Crippen LogP contribution in [0.1, 0.15) is 35.7 Å². The number of hydrogen-bond donors (Lipinski definition) is 2. The Kier molecular flexibility index (Phi) is 6.53. The lowest BCUT2D eigenvalue weighted by Crippen LogP contribution is -2.48. The molecule has 2 aromatic rings. The van der Waals surface area contributed by atoms with Gasteiger partial charge in [-0.2, -0.15) is 0 Å². The molecule has 8 heteroatoms. The molecule has 0 bridgehead atoms. The highest BCUT2D eigenvalue weighted by Crippen LogP contribution is 2.24. The third kappa shape index (κ3) is 4.45. The van der Waals surface area contributed by atoms with Crippen molar-refractivity contribution in [3.8, 4) is 0 Å². The average Bonchev–Trinajstić information content (AvgIpc) is 3.02. The number of nitrogens with one attached hydrogen (secondary N) is 1. The maximum Gasteiger partial charge on any atom is 0.409 e. The van der Waals surface area contributed by atoms with Crippen molar-refractivity contribution < 1.29 is 19.5 Å². The summed E-state index contributed by atoms with van der Waals surface area (Å²) in [6.07, 6.45) is 3.74. The number of ether oxygens (including phenoxy) is 1. The number of piperazine rings is 1. The third-order valence-corrected chi connectivity index (χ3v) is 5.18. The number of benzene rings is 1. The Labute approximate surface area is 164 Å². The number of rotatable bonds is 6. The summed E-state index contributed by atoms with van der Waals surface area (Å²) in [7, 11) is 1.97. The molecule has 0 spiro atoms. The van der Waals surface area contributed by atoms with Gasteiger partial charge in [0.1, 0.15) is 0 Å². The van der Waals surface area contributed by atoms with Crippen molar-refractivity contribution in [3.63, 3.8) is 0 Å². The molecule has 0 radical (unpaired) electrons. The molecule has 2 amide bonds. The van der Waals surface area contributed by atoms with Crippen LogP contribution in [-0.4, -0.2) is 64.4 Å². The monoisotopic (exact) mass is 388 g/mol. The maximum absolute atomic E-state index is 12.1. The van der Waals surface area contributed by atoms with Crippen LogP contribution in [0, 0.1) is 0 Å². The van der Waals surface area contributed by atoms with E-state index in [1.807, 2.05) is 17.7 Å².